The van der Waals surface area contributed by atoms with Crippen molar-refractivity contribution in [2.75, 3.05) is 13.7 Å². The van der Waals surface area contributed by atoms with Crippen molar-refractivity contribution >= 4 is 17.9 Å². The lowest BCUT2D eigenvalue weighted by Crippen LogP contribution is -2.45. The smallest absolute Gasteiger partial charge is 0.387 e. The minimum absolute atomic E-state index is 0.118. The van der Waals surface area contributed by atoms with Crippen molar-refractivity contribution in [3.05, 3.63) is 29.8 Å². The van der Waals surface area contributed by atoms with E-state index in [9.17, 15) is 18.4 Å². The second-order valence-electron chi connectivity index (χ2n) is 6.11. The van der Waals surface area contributed by atoms with Crippen molar-refractivity contribution < 1.29 is 27.8 Å². The molecule has 0 spiro atoms. The van der Waals surface area contributed by atoms with Gasteiger partial charge >= 0.3 is 6.61 Å². The Morgan fingerprint density at radius 2 is 1.96 bits per heavy atom. The van der Waals surface area contributed by atoms with E-state index in [4.69, 9.17) is 4.74 Å². The highest BCUT2D eigenvalue weighted by atomic mass is 19.3. The van der Waals surface area contributed by atoms with Gasteiger partial charge in [0.25, 0.3) is 0 Å². The lowest BCUT2D eigenvalue weighted by molar-refractivity contribution is -0.124. The zero-order valence-electron chi connectivity index (χ0n) is 14.6. The van der Waals surface area contributed by atoms with Crippen molar-refractivity contribution in [1.29, 1.82) is 0 Å². The predicted octanol–water partition coefficient (Wildman–Crippen LogP) is 2.34. The van der Waals surface area contributed by atoms with Crippen molar-refractivity contribution in [1.82, 2.24) is 10.6 Å². The van der Waals surface area contributed by atoms with Crippen molar-refractivity contribution in [2.45, 2.75) is 32.9 Å². The Morgan fingerprint density at radius 1 is 1.28 bits per heavy atom. The molecule has 0 saturated heterocycles. The minimum Gasteiger partial charge on any atom is -0.493 e. The first-order chi connectivity index (χ1) is 11.6. The molecule has 2 N–H and O–H groups in total. The Hall–Kier alpha value is -2.64. The molecule has 0 aliphatic heterocycles. The highest BCUT2D eigenvalue weighted by Crippen LogP contribution is 2.33. The first-order valence-corrected chi connectivity index (χ1v) is 7.51. The van der Waals surface area contributed by atoms with E-state index in [1.807, 2.05) is 20.8 Å². The molecule has 8 heteroatoms. The topological polar surface area (TPSA) is 76.7 Å². The molecular weight excluding hydrogens is 334 g/mol. The van der Waals surface area contributed by atoms with Gasteiger partial charge in [-0.05, 0) is 32.9 Å². The summed E-state index contributed by atoms with van der Waals surface area (Å²) in [6.07, 6.45) is 2.43. The molecule has 0 bridgehead atoms. The highest BCUT2D eigenvalue weighted by Gasteiger charge is 2.15. The van der Waals surface area contributed by atoms with Gasteiger partial charge in [0.15, 0.2) is 11.5 Å². The molecule has 0 radical (unpaired) electrons. The number of nitrogens with one attached hydrogen (secondary N) is 2. The second kappa shape index (κ2) is 9.00. The predicted molar refractivity (Wildman–Crippen MR) is 89.6 cm³/mol. The first kappa shape index (κ1) is 20.4. The van der Waals surface area contributed by atoms with E-state index < -0.39 is 18.1 Å². The molecule has 0 atom stereocenters. The lowest BCUT2D eigenvalue weighted by atomic mass is 10.1. The fraction of sp³-hybridized carbons (Fsp3) is 0.412. The molecule has 25 heavy (non-hydrogen) atoms. The Morgan fingerprint density at radius 3 is 2.52 bits per heavy atom. The van der Waals surface area contributed by atoms with Crippen LogP contribution in [0.1, 0.15) is 26.3 Å². The van der Waals surface area contributed by atoms with Crippen LogP contribution < -0.4 is 20.1 Å². The number of hydrogen-bond donors (Lipinski definition) is 2. The Labute approximate surface area is 145 Å². The van der Waals surface area contributed by atoms with Crippen LogP contribution in [0.2, 0.25) is 0 Å². The number of carbonyl (C=O) groups is 2. The van der Waals surface area contributed by atoms with E-state index >= 15 is 0 Å². The summed E-state index contributed by atoms with van der Waals surface area (Å²) >= 11 is 0. The molecular formula is C17H22F2N2O4. The van der Waals surface area contributed by atoms with Gasteiger partial charge in [-0.15, -0.1) is 0 Å². The molecule has 0 unspecified atom stereocenters. The van der Waals surface area contributed by atoms with E-state index in [1.165, 1.54) is 25.3 Å². The van der Waals surface area contributed by atoms with Crippen LogP contribution in [0.3, 0.4) is 0 Å². The van der Waals surface area contributed by atoms with Gasteiger partial charge < -0.3 is 20.1 Å². The fourth-order valence-electron chi connectivity index (χ4n) is 1.89. The quantitative estimate of drug-likeness (QED) is 0.735. The second-order valence-corrected chi connectivity index (χ2v) is 6.11. The normalized spacial score (nSPS) is 11.5. The van der Waals surface area contributed by atoms with Gasteiger partial charge in [-0.2, -0.15) is 8.78 Å². The summed E-state index contributed by atoms with van der Waals surface area (Å²) < 4.78 is 34.5. The van der Waals surface area contributed by atoms with Crippen molar-refractivity contribution in [2.24, 2.45) is 0 Å². The first-order valence-electron chi connectivity index (χ1n) is 7.51. The van der Waals surface area contributed by atoms with Crippen LogP contribution in [0.25, 0.3) is 6.08 Å². The van der Waals surface area contributed by atoms with Crippen molar-refractivity contribution in [3.63, 3.8) is 0 Å². The summed E-state index contributed by atoms with van der Waals surface area (Å²) in [6, 6.07) is 4.54. The average Bonchev–Trinajstić information content (AvgIpc) is 2.49. The van der Waals surface area contributed by atoms with Crippen LogP contribution in [0.5, 0.6) is 11.5 Å². The summed E-state index contributed by atoms with van der Waals surface area (Å²) in [5.74, 6) is -0.936. The number of methoxy groups -OCH3 is 1. The zero-order chi connectivity index (χ0) is 19.0. The van der Waals surface area contributed by atoms with Gasteiger partial charge in [0.05, 0.1) is 13.7 Å². The molecule has 138 valence electrons. The van der Waals surface area contributed by atoms with Crippen LogP contribution in [-0.4, -0.2) is 37.6 Å². The molecule has 1 rings (SSSR count). The van der Waals surface area contributed by atoms with E-state index in [0.29, 0.717) is 0 Å². The maximum Gasteiger partial charge on any atom is 0.387 e. The number of ether oxygens (including phenoxy) is 2. The molecule has 6 nitrogen and oxygen atoms in total. The van der Waals surface area contributed by atoms with Gasteiger partial charge in [0, 0.05) is 17.2 Å². The molecule has 0 fully saturated rings. The third-order valence-corrected chi connectivity index (χ3v) is 2.79. The SMILES string of the molecule is COc1cccc(/C=C/C(=O)NCC(=O)NC(C)(C)C)c1OC(F)F. The van der Waals surface area contributed by atoms with Gasteiger partial charge in [0.2, 0.25) is 11.8 Å². The third kappa shape index (κ3) is 7.65. The number of carbonyl (C=O) groups excluding carboxylic acids is 2. The summed E-state index contributed by atoms with van der Waals surface area (Å²) in [6.45, 7) is 2.23. The lowest BCUT2D eigenvalue weighted by Gasteiger charge is -2.20. The van der Waals surface area contributed by atoms with Crippen LogP contribution in [0, 0.1) is 0 Å². The van der Waals surface area contributed by atoms with E-state index in [0.717, 1.165) is 6.08 Å². The Kier molecular flexibility index (Phi) is 7.35. The summed E-state index contributed by atoms with van der Waals surface area (Å²) in [7, 11) is 1.32. The molecule has 2 amide bonds. The Bertz CT molecular complexity index is 640. The molecule has 1 aromatic rings. The summed E-state index contributed by atoms with van der Waals surface area (Å²) in [4.78, 5) is 23.4. The van der Waals surface area contributed by atoms with Gasteiger partial charge in [-0.3, -0.25) is 9.59 Å². The van der Waals surface area contributed by atoms with Gasteiger partial charge in [-0.1, -0.05) is 12.1 Å². The monoisotopic (exact) mass is 356 g/mol. The number of amides is 2. The number of para-hydroxylation sites is 1. The van der Waals surface area contributed by atoms with Crippen LogP contribution in [-0.2, 0) is 9.59 Å². The minimum atomic E-state index is -3.03. The molecule has 1 aromatic carbocycles. The van der Waals surface area contributed by atoms with Crippen LogP contribution in [0.15, 0.2) is 24.3 Å². The standard InChI is InChI=1S/C17H22F2N2O4/c1-17(2,3)21-14(23)10-20-13(22)9-8-11-6-5-7-12(24-4)15(11)25-16(18)19/h5-9,16H,10H2,1-4H3,(H,20,22)(H,21,23)/b9-8+. The number of halogens is 2. The fourth-order valence-corrected chi connectivity index (χ4v) is 1.89. The molecule has 0 saturated carbocycles. The summed E-state index contributed by atoms with van der Waals surface area (Å²) in [5.41, 5.74) is -0.159. The molecule has 0 aliphatic rings. The Balaban J connectivity index is 2.74. The van der Waals surface area contributed by atoms with Gasteiger partial charge in [0.1, 0.15) is 0 Å². The maximum atomic E-state index is 12.5. The van der Waals surface area contributed by atoms with Crippen molar-refractivity contribution in [3.8, 4) is 11.5 Å². The van der Waals surface area contributed by atoms with E-state index in [2.05, 4.69) is 15.4 Å². The number of hydrogen-bond acceptors (Lipinski definition) is 4. The molecule has 0 heterocycles. The molecule has 0 aromatic heterocycles. The summed E-state index contributed by atoms with van der Waals surface area (Å²) in [5, 5.41) is 5.10. The highest BCUT2D eigenvalue weighted by molar-refractivity contribution is 5.94. The maximum absolute atomic E-state index is 12.5. The largest absolute Gasteiger partial charge is 0.493 e. The average molecular weight is 356 g/mol. The van der Waals surface area contributed by atoms with Gasteiger partial charge in [-0.25, -0.2) is 0 Å². The van der Waals surface area contributed by atoms with Crippen LogP contribution in [0.4, 0.5) is 8.78 Å². The zero-order valence-corrected chi connectivity index (χ0v) is 14.6. The van der Waals surface area contributed by atoms with E-state index in [1.54, 1.807) is 6.07 Å². The number of alkyl halides is 2. The number of benzene rings is 1. The van der Waals surface area contributed by atoms with E-state index in [-0.39, 0.29) is 29.5 Å². The third-order valence-electron chi connectivity index (χ3n) is 2.79. The molecule has 0 aliphatic carbocycles. The number of rotatable bonds is 7. The van der Waals surface area contributed by atoms with Crippen LogP contribution >= 0.6 is 0 Å².